The van der Waals surface area contributed by atoms with E-state index in [1.807, 2.05) is 60.8 Å². The molecule has 3 aromatic heterocycles. The number of thiazole rings is 2. The average molecular weight is 473 g/mol. The van der Waals surface area contributed by atoms with Gasteiger partial charge in [0, 0.05) is 17.1 Å². The number of amides is 1. The van der Waals surface area contributed by atoms with Gasteiger partial charge in [-0.25, -0.2) is 15.0 Å². The van der Waals surface area contributed by atoms with Crippen LogP contribution >= 0.6 is 22.7 Å². The van der Waals surface area contributed by atoms with E-state index in [2.05, 4.69) is 26.3 Å². The first-order valence-electron chi connectivity index (χ1n) is 10.4. The zero-order chi connectivity index (χ0) is 22.6. The number of rotatable bonds is 7. The molecule has 0 saturated carbocycles. The first-order chi connectivity index (χ1) is 16.1. The number of carbonyl (C=O) groups excluding carboxylic acids is 1. The van der Waals surface area contributed by atoms with E-state index in [1.165, 1.54) is 16.9 Å². The van der Waals surface area contributed by atoms with Crippen molar-refractivity contribution in [3.63, 3.8) is 0 Å². The second-order valence-corrected chi connectivity index (χ2v) is 9.45. The molecule has 164 valence electrons. The molecule has 5 rings (SSSR count). The minimum Gasteiger partial charge on any atom is -0.486 e. The van der Waals surface area contributed by atoms with Gasteiger partial charge >= 0.3 is 0 Å². The zero-order valence-electron chi connectivity index (χ0n) is 17.8. The molecule has 1 N–H and O–H groups in total. The SMILES string of the molecule is Cc1ccc(OCc2nc(CC(=O)Nc3ccc(-c4nc5ccccc5s4)cn3)cs2)cc1. The van der Waals surface area contributed by atoms with Crippen molar-refractivity contribution in [1.82, 2.24) is 15.0 Å². The standard InChI is InChI=1S/C25H20N4O2S2/c1-16-6-9-19(10-7-16)31-14-24-27-18(15-32-24)12-23(30)29-22-11-8-17(13-26-22)25-28-20-4-2-3-5-21(20)33-25/h2-11,13,15H,12,14H2,1H3,(H,26,29,30). The van der Waals surface area contributed by atoms with Crippen LogP contribution in [-0.4, -0.2) is 20.9 Å². The van der Waals surface area contributed by atoms with Crippen LogP contribution < -0.4 is 10.1 Å². The van der Waals surface area contributed by atoms with Crippen molar-refractivity contribution < 1.29 is 9.53 Å². The molecule has 33 heavy (non-hydrogen) atoms. The number of aryl methyl sites for hydroxylation is 1. The number of benzene rings is 2. The minimum atomic E-state index is -0.161. The summed E-state index contributed by atoms with van der Waals surface area (Å²) in [6.07, 6.45) is 1.92. The van der Waals surface area contributed by atoms with Gasteiger partial charge in [0.15, 0.2) is 0 Å². The Morgan fingerprint density at radius 2 is 1.88 bits per heavy atom. The Morgan fingerprint density at radius 1 is 1.03 bits per heavy atom. The van der Waals surface area contributed by atoms with Crippen LogP contribution in [0.3, 0.4) is 0 Å². The Balaban J connectivity index is 1.16. The molecular formula is C25H20N4O2S2. The highest BCUT2D eigenvalue weighted by Gasteiger charge is 2.11. The first-order valence-corrected chi connectivity index (χ1v) is 12.1. The van der Waals surface area contributed by atoms with E-state index in [0.29, 0.717) is 18.1 Å². The van der Waals surface area contributed by atoms with E-state index in [1.54, 1.807) is 23.6 Å². The van der Waals surface area contributed by atoms with Crippen molar-refractivity contribution >= 4 is 44.6 Å². The molecule has 0 unspecified atom stereocenters. The van der Waals surface area contributed by atoms with Gasteiger partial charge < -0.3 is 10.1 Å². The molecule has 2 aromatic carbocycles. The summed E-state index contributed by atoms with van der Waals surface area (Å²) in [4.78, 5) is 26.0. The van der Waals surface area contributed by atoms with Crippen molar-refractivity contribution in [2.75, 3.05) is 5.32 Å². The van der Waals surface area contributed by atoms with E-state index in [9.17, 15) is 4.79 Å². The second kappa shape index (κ2) is 9.48. The molecule has 0 atom stereocenters. The van der Waals surface area contributed by atoms with Gasteiger partial charge in [0.05, 0.1) is 22.3 Å². The van der Waals surface area contributed by atoms with Crippen molar-refractivity contribution in [2.24, 2.45) is 0 Å². The van der Waals surface area contributed by atoms with Crippen molar-refractivity contribution in [1.29, 1.82) is 0 Å². The van der Waals surface area contributed by atoms with Crippen LogP contribution in [0.5, 0.6) is 5.75 Å². The molecule has 1 amide bonds. The van der Waals surface area contributed by atoms with E-state index < -0.39 is 0 Å². The number of nitrogens with one attached hydrogen (secondary N) is 1. The number of carbonyl (C=O) groups is 1. The molecule has 6 nitrogen and oxygen atoms in total. The smallest absolute Gasteiger partial charge is 0.231 e. The largest absolute Gasteiger partial charge is 0.486 e. The van der Waals surface area contributed by atoms with Crippen LogP contribution in [0.15, 0.2) is 72.2 Å². The summed E-state index contributed by atoms with van der Waals surface area (Å²) in [6.45, 7) is 2.42. The number of ether oxygens (including phenoxy) is 1. The molecule has 0 aliphatic heterocycles. The van der Waals surface area contributed by atoms with Gasteiger partial charge in [-0.2, -0.15) is 0 Å². The summed E-state index contributed by atoms with van der Waals surface area (Å²) < 4.78 is 6.90. The predicted octanol–water partition coefficient (Wildman–Crippen LogP) is 5.88. The van der Waals surface area contributed by atoms with E-state index in [-0.39, 0.29) is 12.3 Å². The Hall–Kier alpha value is -3.62. The molecule has 3 heterocycles. The Bertz CT molecular complexity index is 1360. The van der Waals surface area contributed by atoms with Crippen LogP contribution in [0.2, 0.25) is 0 Å². The predicted molar refractivity (Wildman–Crippen MR) is 133 cm³/mol. The lowest BCUT2D eigenvalue weighted by Gasteiger charge is -2.04. The molecular weight excluding hydrogens is 452 g/mol. The minimum absolute atomic E-state index is 0.161. The molecule has 0 fully saturated rings. The molecule has 8 heteroatoms. The maximum Gasteiger partial charge on any atom is 0.231 e. The van der Waals surface area contributed by atoms with Gasteiger partial charge in [-0.3, -0.25) is 4.79 Å². The molecule has 0 spiro atoms. The van der Waals surface area contributed by atoms with Gasteiger partial charge in [-0.1, -0.05) is 29.8 Å². The van der Waals surface area contributed by atoms with E-state index in [4.69, 9.17) is 4.74 Å². The zero-order valence-corrected chi connectivity index (χ0v) is 19.5. The van der Waals surface area contributed by atoms with Crippen LogP contribution in [0.25, 0.3) is 20.8 Å². The number of aromatic nitrogens is 3. The van der Waals surface area contributed by atoms with Gasteiger partial charge in [0.2, 0.25) is 5.91 Å². The van der Waals surface area contributed by atoms with Crippen LogP contribution in [0.4, 0.5) is 5.82 Å². The molecule has 0 aliphatic rings. The van der Waals surface area contributed by atoms with Gasteiger partial charge in [0.1, 0.15) is 28.2 Å². The topological polar surface area (TPSA) is 77.0 Å². The number of anilines is 1. The monoisotopic (exact) mass is 472 g/mol. The fourth-order valence-electron chi connectivity index (χ4n) is 3.22. The number of pyridine rings is 1. The summed E-state index contributed by atoms with van der Waals surface area (Å²) in [5, 5.41) is 6.46. The third kappa shape index (κ3) is 5.24. The summed E-state index contributed by atoms with van der Waals surface area (Å²) in [5.74, 6) is 1.14. The third-order valence-corrected chi connectivity index (χ3v) is 6.85. The Labute approximate surface area is 199 Å². The van der Waals surface area contributed by atoms with Gasteiger partial charge in [-0.15, -0.1) is 22.7 Å². The number of hydrogen-bond acceptors (Lipinski definition) is 7. The van der Waals surface area contributed by atoms with Crippen molar-refractivity contribution in [3.05, 3.63) is 88.5 Å². The van der Waals surface area contributed by atoms with Gasteiger partial charge in [-0.05, 0) is 43.3 Å². The lowest BCUT2D eigenvalue weighted by atomic mass is 10.2. The van der Waals surface area contributed by atoms with Crippen LogP contribution in [-0.2, 0) is 17.8 Å². The summed E-state index contributed by atoms with van der Waals surface area (Å²) >= 11 is 3.11. The summed E-state index contributed by atoms with van der Waals surface area (Å²) in [5.41, 5.74) is 3.80. The quantitative estimate of drug-likeness (QED) is 0.320. The number of fused-ring (bicyclic) bond motifs is 1. The normalized spacial score (nSPS) is 10.9. The van der Waals surface area contributed by atoms with E-state index >= 15 is 0 Å². The number of hydrogen-bond donors (Lipinski definition) is 1. The van der Waals surface area contributed by atoms with Gasteiger partial charge in [0.25, 0.3) is 0 Å². The van der Waals surface area contributed by atoms with Crippen molar-refractivity contribution in [3.8, 4) is 16.3 Å². The number of nitrogens with zero attached hydrogens (tertiary/aromatic N) is 3. The molecule has 0 radical (unpaired) electrons. The molecule has 5 aromatic rings. The Kier molecular flexibility index (Phi) is 6.10. The third-order valence-electron chi connectivity index (χ3n) is 4.90. The maximum absolute atomic E-state index is 12.4. The fraction of sp³-hybridized carbons (Fsp3) is 0.120. The number of para-hydroxylation sites is 1. The Morgan fingerprint density at radius 3 is 2.67 bits per heavy atom. The summed E-state index contributed by atoms with van der Waals surface area (Å²) in [7, 11) is 0. The fourth-order valence-corrected chi connectivity index (χ4v) is 4.88. The molecule has 0 bridgehead atoms. The summed E-state index contributed by atoms with van der Waals surface area (Å²) in [6, 6.07) is 19.6. The van der Waals surface area contributed by atoms with Crippen LogP contribution in [0, 0.1) is 6.92 Å². The average Bonchev–Trinajstić information content (AvgIpc) is 3.46. The lowest BCUT2D eigenvalue weighted by Crippen LogP contribution is -2.15. The van der Waals surface area contributed by atoms with Crippen molar-refractivity contribution in [2.45, 2.75) is 20.0 Å². The molecule has 0 aliphatic carbocycles. The maximum atomic E-state index is 12.4. The van der Waals surface area contributed by atoms with E-state index in [0.717, 1.165) is 31.5 Å². The first kappa shape index (κ1) is 21.2. The highest BCUT2D eigenvalue weighted by molar-refractivity contribution is 7.21. The highest BCUT2D eigenvalue weighted by Crippen LogP contribution is 2.29. The lowest BCUT2D eigenvalue weighted by molar-refractivity contribution is -0.115. The molecule has 0 saturated heterocycles. The van der Waals surface area contributed by atoms with Crippen LogP contribution in [0.1, 0.15) is 16.3 Å². The second-order valence-electron chi connectivity index (χ2n) is 7.48. The highest BCUT2D eigenvalue weighted by atomic mass is 32.1.